The number of hydrogen-bond acceptors (Lipinski definition) is 5. The van der Waals surface area contributed by atoms with Gasteiger partial charge in [0.1, 0.15) is 6.61 Å². The van der Waals surface area contributed by atoms with Gasteiger partial charge in [0.05, 0.1) is 19.1 Å². The highest BCUT2D eigenvalue weighted by atomic mass is 16.5. The van der Waals surface area contributed by atoms with E-state index in [4.69, 9.17) is 4.74 Å². The maximum absolute atomic E-state index is 12.5. The van der Waals surface area contributed by atoms with E-state index in [0.29, 0.717) is 25.3 Å². The largest absolute Gasteiger partial charge is 0.377 e. The van der Waals surface area contributed by atoms with Gasteiger partial charge in [0.15, 0.2) is 11.6 Å². The molecule has 0 spiro atoms. The molecule has 2 heterocycles. The molecular formula is C17H21N5O3. The van der Waals surface area contributed by atoms with Crippen molar-refractivity contribution in [1.82, 2.24) is 25.0 Å². The van der Waals surface area contributed by atoms with Crippen LogP contribution in [0.2, 0.25) is 0 Å². The molecular weight excluding hydrogens is 322 g/mol. The average Bonchev–Trinajstić information content (AvgIpc) is 3.04. The molecule has 0 fully saturated rings. The minimum atomic E-state index is -0.260. The molecule has 0 bridgehead atoms. The molecule has 2 amide bonds. The molecule has 1 aliphatic rings. The van der Waals surface area contributed by atoms with Crippen molar-refractivity contribution in [2.45, 2.75) is 26.1 Å². The van der Waals surface area contributed by atoms with Gasteiger partial charge in [-0.05, 0) is 19.1 Å². The number of nitrogens with one attached hydrogen (secondary N) is 1. The van der Waals surface area contributed by atoms with Crippen molar-refractivity contribution in [2.24, 2.45) is 0 Å². The van der Waals surface area contributed by atoms with Gasteiger partial charge in [-0.3, -0.25) is 9.59 Å². The van der Waals surface area contributed by atoms with E-state index in [0.717, 1.165) is 11.6 Å². The zero-order chi connectivity index (χ0) is 17.8. The highest BCUT2D eigenvalue weighted by Crippen LogP contribution is 2.21. The minimum Gasteiger partial charge on any atom is -0.377 e. The van der Waals surface area contributed by atoms with Crippen LogP contribution in [0.25, 0.3) is 0 Å². The monoisotopic (exact) mass is 343 g/mol. The lowest BCUT2D eigenvalue weighted by Gasteiger charge is -2.32. The Balaban J connectivity index is 1.61. The lowest BCUT2D eigenvalue weighted by molar-refractivity contribution is -0.132. The van der Waals surface area contributed by atoms with Crippen molar-refractivity contribution in [3.8, 4) is 0 Å². The molecule has 0 saturated heterocycles. The van der Waals surface area contributed by atoms with E-state index in [1.165, 1.54) is 0 Å². The number of methoxy groups -OCH3 is 1. The standard InChI is InChI=1S/C17H21N5O3/c1-12-9-21(10-14-19-20-15(11-25-2)22(12)14)16(23)8-18-17(24)13-6-4-3-5-7-13/h3-7,12H,8-11H2,1-2H3,(H,18,24)/t12-/m0/s1. The second kappa shape index (κ2) is 7.43. The molecule has 1 aromatic heterocycles. The smallest absolute Gasteiger partial charge is 0.251 e. The van der Waals surface area contributed by atoms with Gasteiger partial charge in [0.25, 0.3) is 5.91 Å². The third-order valence-corrected chi connectivity index (χ3v) is 4.16. The van der Waals surface area contributed by atoms with Gasteiger partial charge in [0, 0.05) is 19.2 Å². The lowest BCUT2D eigenvalue weighted by atomic mass is 10.2. The van der Waals surface area contributed by atoms with Gasteiger partial charge in [-0.15, -0.1) is 10.2 Å². The van der Waals surface area contributed by atoms with Crippen LogP contribution in [-0.4, -0.2) is 51.7 Å². The Morgan fingerprint density at radius 2 is 2.04 bits per heavy atom. The fourth-order valence-corrected chi connectivity index (χ4v) is 2.99. The zero-order valence-electron chi connectivity index (χ0n) is 14.3. The Labute approximate surface area is 145 Å². The summed E-state index contributed by atoms with van der Waals surface area (Å²) in [5.74, 6) is 1.09. The molecule has 2 aromatic rings. The van der Waals surface area contributed by atoms with Crippen LogP contribution in [0.4, 0.5) is 0 Å². The van der Waals surface area contributed by atoms with E-state index < -0.39 is 0 Å². The zero-order valence-corrected chi connectivity index (χ0v) is 14.3. The van der Waals surface area contributed by atoms with Crippen LogP contribution in [0.3, 0.4) is 0 Å². The molecule has 25 heavy (non-hydrogen) atoms. The number of carbonyl (C=O) groups excluding carboxylic acids is 2. The first kappa shape index (κ1) is 17.1. The van der Waals surface area contributed by atoms with Crippen LogP contribution < -0.4 is 5.32 Å². The molecule has 1 aliphatic heterocycles. The molecule has 0 radical (unpaired) electrons. The number of fused-ring (bicyclic) bond motifs is 1. The molecule has 3 rings (SSSR count). The van der Waals surface area contributed by atoms with Crippen LogP contribution in [0.15, 0.2) is 30.3 Å². The van der Waals surface area contributed by atoms with Crippen molar-refractivity contribution >= 4 is 11.8 Å². The first-order chi connectivity index (χ1) is 12.1. The highest BCUT2D eigenvalue weighted by Gasteiger charge is 2.29. The molecule has 0 saturated carbocycles. The van der Waals surface area contributed by atoms with Crippen LogP contribution >= 0.6 is 0 Å². The molecule has 132 valence electrons. The van der Waals surface area contributed by atoms with Crippen molar-refractivity contribution in [3.05, 3.63) is 47.5 Å². The summed E-state index contributed by atoms with van der Waals surface area (Å²) < 4.78 is 7.14. The molecule has 1 N–H and O–H groups in total. The first-order valence-corrected chi connectivity index (χ1v) is 8.12. The Bertz CT molecular complexity index is 759. The van der Waals surface area contributed by atoms with Gasteiger partial charge in [-0.25, -0.2) is 0 Å². The topological polar surface area (TPSA) is 89.3 Å². The molecule has 1 aromatic carbocycles. The van der Waals surface area contributed by atoms with Crippen molar-refractivity contribution in [1.29, 1.82) is 0 Å². The maximum atomic E-state index is 12.5. The molecule has 1 atom stereocenters. The van der Waals surface area contributed by atoms with E-state index in [1.54, 1.807) is 36.3 Å². The second-order valence-corrected chi connectivity index (χ2v) is 6.01. The van der Waals surface area contributed by atoms with Gasteiger partial charge in [-0.1, -0.05) is 18.2 Å². The first-order valence-electron chi connectivity index (χ1n) is 8.12. The summed E-state index contributed by atoms with van der Waals surface area (Å²) >= 11 is 0. The normalized spacial score (nSPS) is 16.4. The van der Waals surface area contributed by atoms with E-state index >= 15 is 0 Å². The van der Waals surface area contributed by atoms with E-state index in [1.807, 2.05) is 17.6 Å². The van der Waals surface area contributed by atoms with Gasteiger partial charge in [0.2, 0.25) is 5.91 Å². The fraction of sp³-hybridized carbons (Fsp3) is 0.412. The Morgan fingerprint density at radius 1 is 1.28 bits per heavy atom. The van der Waals surface area contributed by atoms with Gasteiger partial charge < -0.3 is 19.5 Å². The summed E-state index contributed by atoms with van der Waals surface area (Å²) in [6.07, 6.45) is 0. The fourth-order valence-electron chi connectivity index (χ4n) is 2.99. The Hall–Kier alpha value is -2.74. The second-order valence-electron chi connectivity index (χ2n) is 6.01. The Morgan fingerprint density at radius 3 is 2.76 bits per heavy atom. The number of rotatable bonds is 5. The third-order valence-electron chi connectivity index (χ3n) is 4.16. The maximum Gasteiger partial charge on any atom is 0.251 e. The molecule has 0 unspecified atom stereocenters. The minimum absolute atomic E-state index is 0.0421. The quantitative estimate of drug-likeness (QED) is 0.866. The summed E-state index contributed by atoms with van der Waals surface area (Å²) in [5, 5.41) is 10.9. The third kappa shape index (κ3) is 3.69. The number of ether oxygens (including phenoxy) is 1. The summed E-state index contributed by atoms with van der Waals surface area (Å²) in [6, 6.07) is 8.88. The summed E-state index contributed by atoms with van der Waals surface area (Å²) in [4.78, 5) is 26.2. The Kier molecular flexibility index (Phi) is 5.08. The predicted octanol–water partition coefficient (Wildman–Crippen LogP) is 0.758. The van der Waals surface area contributed by atoms with Gasteiger partial charge in [-0.2, -0.15) is 0 Å². The van der Waals surface area contributed by atoms with Crippen molar-refractivity contribution in [3.63, 3.8) is 0 Å². The number of carbonyl (C=O) groups is 2. The molecule has 8 heteroatoms. The number of hydrogen-bond donors (Lipinski definition) is 1. The lowest BCUT2D eigenvalue weighted by Crippen LogP contribution is -2.45. The van der Waals surface area contributed by atoms with E-state index in [2.05, 4.69) is 15.5 Å². The molecule has 0 aliphatic carbocycles. The van der Waals surface area contributed by atoms with Crippen LogP contribution in [0.1, 0.15) is 35.0 Å². The summed E-state index contributed by atoms with van der Waals surface area (Å²) in [6.45, 7) is 3.27. The number of nitrogens with zero attached hydrogens (tertiary/aromatic N) is 4. The van der Waals surface area contributed by atoms with Crippen LogP contribution in [0, 0.1) is 0 Å². The van der Waals surface area contributed by atoms with E-state index in [-0.39, 0.29) is 24.4 Å². The van der Waals surface area contributed by atoms with Gasteiger partial charge >= 0.3 is 0 Å². The SMILES string of the molecule is COCc1nnc2n1[C@@H](C)CN(C(=O)CNC(=O)c1ccccc1)C2. The van der Waals surface area contributed by atoms with Crippen molar-refractivity contribution in [2.75, 3.05) is 20.2 Å². The highest BCUT2D eigenvalue weighted by molar-refractivity contribution is 5.96. The summed E-state index contributed by atoms with van der Waals surface area (Å²) in [5.41, 5.74) is 0.534. The van der Waals surface area contributed by atoms with Crippen molar-refractivity contribution < 1.29 is 14.3 Å². The molecule has 8 nitrogen and oxygen atoms in total. The number of benzene rings is 1. The predicted molar refractivity (Wildman–Crippen MR) is 89.6 cm³/mol. The number of amides is 2. The van der Waals surface area contributed by atoms with Crippen LogP contribution in [-0.2, 0) is 22.7 Å². The summed E-state index contributed by atoms with van der Waals surface area (Å²) in [7, 11) is 1.61. The van der Waals surface area contributed by atoms with Crippen LogP contribution in [0.5, 0.6) is 0 Å². The number of aromatic nitrogens is 3. The van der Waals surface area contributed by atoms with E-state index in [9.17, 15) is 9.59 Å². The average molecular weight is 343 g/mol.